The predicted octanol–water partition coefficient (Wildman–Crippen LogP) is 5.60. The number of para-hydroxylation sites is 1. The van der Waals surface area contributed by atoms with Crippen molar-refractivity contribution < 1.29 is 0 Å². The molecule has 5 heteroatoms. The van der Waals surface area contributed by atoms with Gasteiger partial charge in [0, 0.05) is 0 Å². The summed E-state index contributed by atoms with van der Waals surface area (Å²) >= 11 is 1.70. The van der Waals surface area contributed by atoms with E-state index in [9.17, 15) is 0 Å². The Bertz CT molecular complexity index is 1090. The van der Waals surface area contributed by atoms with Gasteiger partial charge in [0.1, 0.15) is 0 Å². The highest BCUT2D eigenvalue weighted by atomic mass is 32.1. The number of hydrogen-bond acceptors (Lipinski definition) is 4. The lowest BCUT2D eigenvalue weighted by atomic mass is 9.97. The second-order valence-electron chi connectivity index (χ2n) is 7.52. The Balaban J connectivity index is 1.68. The molecule has 1 aromatic heterocycles. The van der Waals surface area contributed by atoms with Crippen molar-refractivity contribution in [2.24, 2.45) is 4.99 Å². The summed E-state index contributed by atoms with van der Waals surface area (Å²) in [5.74, 6) is 0. The van der Waals surface area contributed by atoms with E-state index in [2.05, 4.69) is 41.0 Å². The smallest absolute Gasteiger partial charge is 0.232 e. The molecule has 1 fully saturated rings. The molecule has 0 amide bonds. The van der Waals surface area contributed by atoms with Crippen molar-refractivity contribution in [1.29, 1.82) is 0 Å². The van der Waals surface area contributed by atoms with E-state index in [0.717, 1.165) is 40.5 Å². The molecule has 142 valence electrons. The molecule has 0 saturated heterocycles. The molecule has 0 bridgehead atoms. The maximum absolute atomic E-state index is 5.14. The van der Waals surface area contributed by atoms with E-state index in [-0.39, 0.29) is 0 Å². The number of hydrogen-bond donors (Lipinski definition) is 0. The predicted molar refractivity (Wildman–Crippen MR) is 115 cm³/mol. The molecule has 0 N–H and O–H groups in total. The molecule has 2 aromatic rings. The Morgan fingerprint density at radius 3 is 2.43 bits per heavy atom. The van der Waals surface area contributed by atoms with Crippen LogP contribution in [-0.4, -0.2) is 20.6 Å². The summed E-state index contributed by atoms with van der Waals surface area (Å²) in [4.78, 5) is 14.9. The van der Waals surface area contributed by atoms with Crippen LogP contribution in [0.3, 0.4) is 0 Å². The van der Waals surface area contributed by atoms with Crippen LogP contribution >= 0.6 is 11.3 Å². The van der Waals surface area contributed by atoms with Crippen molar-refractivity contribution in [1.82, 2.24) is 14.5 Å². The van der Waals surface area contributed by atoms with Crippen molar-refractivity contribution in [3.05, 3.63) is 60.2 Å². The van der Waals surface area contributed by atoms with Gasteiger partial charge in [0.05, 0.1) is 27.6 Å². The van der Waals surface area contributed by atoms with Crippen molar-refractivity contribution in [3.63, 3.8) is 0 Å². The molecular formula is C23H24N4S. The zero-order chi connectivity index (χ0) is 18.8. The Labute approximate surface area is 169 Å². The van der Waals surface area contributed by atoms with Crippen molar-refractivity contribution in [2.75, 3.05) is 0 Å². The highest BCUT2D eigenvalue weighted by Gasteiger charge is 2.18. The minimum atomic E-state index is 0.360. The number of fused-ring (bicyclic) bond motifs is 2. The van der Waals surface area contributed by atoms with Crippen LogP contribution in [0.15, 0.2) is 59.6 Å². The Morgan fingerprint density at radius 2 is 1.57 bits per heavy atom. The highest BCUT2D eigenvalue weighted by molar-refractivity contribution is 7.20. The second kappa shape index (κ2) is 7.84. The number of aromatic nitrogens is 3. The lowest BCUT2D eigenvalue weighted by molar-refractivity contribution is 0.446. The molecule has 4 nitrogen and oxygen atoms in total. The Morgan fingerprint density at radius 1 is 0.821 bits per heavy atom. The monoisotopic (exact) mass is 388 g/mol. The topological polar surface area (TPSA) is 43.1 Å². The molecule has 0 radical (unpaired) electrons. The third-order valence-corrected chi connectivity index (χ3v) is 6.52. The first-order chi connectivity index (χ1) is 13.9. The molecule has 2 aliphatic carbocycles. The molecular weight excluding hydrogens is 364 g/mol. The third kappa shape index (κ3) is 3.47. The van der Waals surface area contributed by atoms with E-state index in [1.165, 1.54) is 36.8 Å². The summed E-state index contributed by atoms with van der Waals surface area (Å²) in [7, 11) is 0. The number of imidazole rings is 1. The molecule has 0 spiro atoms. The van der Waals surface area contributed by atoms with Crippen LogP contribution in [0.2, 0.25) is 0 Å². The van der Waals surface area contributed by atoms with E-state index >= 15 is 0 Å². The molecule has 1 saturated carbocycles. The average molecular weight is 389 g/mol. The second-order valence-corrected chi connectivity index (χ2v) is 8.53. The maximum Gasteiger partial charge on any atom is 0.232 e. The van der Waals surface area contributed by atoms with Gasteiger partial charge in [-0.2, -0.15) is 0 Å². The van der Waals surface area contributed by atoms with Crippen LogP contribution in [0.5, 0.6) is 0 Å². The largest absolute Gasteiger partial charge is 0.252 e. The van der Waals surface area contributed by atoms with Crippen LogP contribution in [0.4, 0.5) is 0 Å². The minimum absolute atomic E-state index is 0.360. The van der Waals surface area contributed by atoms with Gasteiger partial charge in [-0.25, -0.2) is 15.0 Å². The normalized spacial score (nSPS) is 17.1. The molecule has 3 aliphatic rings. The van der Waals surface area contributed by atoms with Gasteiger partial charge in [-0.05, 0) is 37.1 Å². The minimum Gasteiger partial charge on any atom is -0.252 e. The number of benzene rings is 1. The molecule has 0 unspecified atom stereocenters. The lowest BCUT2D eigenvalue weighted by Crippen LogP contribution is -2.21. The van der Waals surface area contributed by atoms with Gasteiger partial charge >= 0.3 is 0 Å². The van der Waals surface area contributed by atoms with Gasteiger partial charge in [0.2, 0.25) is 5.62 Å². The first-order valence-electron chi connectivity index (χ1n) is 10.3. The SMILES string of the molecule is c1ccc2nc(=NC3CCCCCCC3)n(-c3nc4ccccc4s3)c-2cc1. The van der Waals surface area contributed by atoms with E-state index in [0.29, 0.717) is 6.04 Å². The molecule has 5 rings (SSSR count). The van der Waals surface area contributed by atoms with Crippen molar-refractivity contribution >= 4 is 21.6 Å². The zero-order valence-electron chi connectivity index (χ0n) is 15.9. The standard InChI is InChI=1S/C23H24N4S/c1-2-5-11-17(12-6-3-1)24-22-25-18-13-7-4-8-15-20(18)27(22)23-26-19-14-9-10-16-21(19)28-23/h4,7-10,13-17H,1-3,5-6,11-12H2. The fourth-order valence-corrected chi connectivity index (χ4v) is 5.01. The van der Waals surface area contributed by atoms with Crippen molar-refractivity contribution in [2.45, 2.75) is 51.0 Å². The summed E-state index contributed by atoms with van der Waals surface area (Å²) in [5, 5.41) is 0.944. The van der Waals surface area contributed by atoms with Crippen LogP contribution in [0.1, 0.15) is 44.9 Å². The summed E-state index contributed by atoms with van der Waals surface area (Å²) in [6.45, 7) is 0. The zero-order valence-corrected chi connectivity index (χ0v) is 16.7. The van der Waals surface area contributed by atoms with E-state index in [1.54, 1.807) is 11.3 Å². The highest BCUT2D eigenvalue weighted by Crippen LogP contribution is 2.28. The first-order valence-corrected chi connectivity index (χ1v) is 11.1. The number of thiazole rings is 1. The number of nitrogens with zero attached hydrogens (tertiary/aromatic N) is 4. The van der Waals surface area contributed by atoms with Gasteiger partial charge in [-0.3, -0.25) is 4.57 Å². The maximum atomic E-state index is 5.14. The van der Waals surface area contributed by atoms with Gasteiger partial charge in [0.25, 0.3) is 0 Å². The average Bonchev–Trinajstić information content (AvgIpc) is 3.17. The quantitative estimate of drug-likeness (QED) is 0.448. The molecule has 0 atom stereocenters. The fraction of sp³-hybridized carbons (Fsp3) is 0.348. The van der Waals surface area contributed by atoms with Crippen LogP contribution in [-0.2, 0) is 0 Å². The van der Waals surface area contributed by atoms with E-state index in [1.807, 2.05) is 18.2 Å². The molecule has 28 heavy (non-hydrogen) atoms. The fourth-order valence-electron chi connectivity index (χ4n) is 4.04. The lowest BCUT2D eigenvalue weighted by Gasteiger charge is -2.15. The third-order valence-electron chi connectivity index (χ3n) is 5.50. The van der Waals surface area contributed by atoms with Crippen LogP contribution < -0.4 is 5.62 Å². The van der Waals surface area contributed by atoms with Gasteiger partial charge < -0.3 is 0 Å². The summed E-state index contributed by atoms with van der Waals surface area (Å²) in [6.07, 6.45) is 8.89. The van der Waals surface area contributed by atoms with Gasteiger partial charge in [-0.1, -0.05) is 73.8 Å². The van der Waals surface area contributed by atoms with Crippen molar-refractivity contribution in [3.8, 4) is 16.5 Å². The summed E-state index contributed by atoms with van der Waals surface area (Å²) in [6, 6.07) is 19.0. The van der Waals surface area contributed by atoms with E-state index < -0.39 is 0 Å². The summed E-state index contributed by atoms with van der Waals surface area (Å²) < 4.78 is 3.34. The van der Waals surface area contributed by atoms with E-state index in [4.69, 9.17) is 15.0 Å². The molecule has 1 aromatic carbocycles. The van der Waals surface area contributed by atoms with Gasteiger partial charge in [0.15, 0.2) is 5.13 Å². The Hall–Kier alpha value is -2.53. The molecule has 1 aliphatic heterocycles. The summed E-state index contributed by atoms with van der Waals surface area (Å²) in [5.41, 5.74) is 3.86. The van der Waals surface area contributed by atoms with Crippen LogP contribution in [0.25, 0.3) is 26.7 Å². The number of rotatable bonds is 2. The van der Waals surface area contributed by atoms with Crippen LogP contribution in [0, 0.1) is 0 Å². The first kappa shape index (κ1) is 17.6. The molecule has 2 heterocycles. The Kier molecular flexibility index (Phi) is 4.92. The van der Waals surface area contributed by atoms with Gasteiger partial charge in [-0.15, -0.1) is 0 Å².